The number of hydroxylamine groups is 1. The van der Waals surface area contributed by atoms with Crippen LogP contribution in [-0.4, -0.2) is 48.3 Å². The highest BCUT2D eigenvalue weighted by Crippen LogP contribution is 2.41. The molecule has 0 atom stereocenters. The van der Waals surface area contributed by atoms with Crippen LogP contribution in [0.15, 0.2) is 91.0 Å². The van der Waals surface area contributed by atoms with E-state index in [0.29, 0.717) is 0 Å². The Hall–Kier alpha value is -4.50. The summed E-state index contributed by atoms with van der Waals surface area (Å²) in [5.41, 5.74) is 3.42. The Morgan fingerprint density at radius 2 is 0.803 bits per heavy atom. The molecule has 9 nitrogen and oxygen atoms in total. The molecule has 1 amide bonds. The quantitative estimate of drug-likeness (QED) is 0.0925. The van der Waals surface area contributed by atoms with Gasteiger partial charge >= 0.3 is 17.9 Å². The first kappa shape index (κ1) is 49.2. The average Bonchev–Trinajstić information content (AvgIpc) is 3.94. The Bertz CT molecular complexity index is 1620. The molecule has 0 radical (unpaired) electrons. The number of carboxylic acids is 1. The fraction of sp³-hybridized carbons (Fsp3) is 0.577. The zero-order valence-corrected chi connectivity index (χ0v) is 37.1. The number of amides is 1. The third-order valence-corrected chi connectivity index (χ3v) is 13.8. The number of methoxy groups -OCH3 is 2. The molecule has 334 valence electrons. The SMILES string of the molecule is COC(=O)C1(c2ccccc2)CCCCCC1.COC(=O)C1CCCCCC1.O=C(NO)C1(c2ccccc2)CCCCCC1.O=C(O)C1(c2ccccc2)CCCCCC1. The number of carbonyl (C=O) groups excluding carboxylic acids is 3. The van der Waals surface area contributed by atoms with Crippen LogP contribution < -0.4 is 5.48 Å². The van der Waals surface area contributed by atoms with Gasteiger partial charge in [-0.1, -0.05) is 194 Å². The Morgan fingerprint density at radius 3 is 1.15 bits per heavy atom. The lowest BCUT2D eigenvalue weighted by Crippen LogP contribution is -2.43. The van der Waals surface area contributed by atoms with Gasteiger partial charge in [0.2, 0.25) is 0 Å². The first-order valence-corrected chi connectivity index (χ1v) is 23.2. The highest BCUT2D eigenvalue weighted by atomic mass is 16.5. The number of ether oxygens (including phenoxy) is 2. The highest BCUT2D eigenvalue weighted by Gasteiger charge is 2.42. The lowest BCUT2D eigenvalue weighted by atomic mass is 9.73. The first-order valence-electron chi connectivity index (χ1n) is 23.2. The third kappa shape index (κ3) is 13.7. The summed E-state index contributed by atoms with van der Waals surface area (Å²) in [6, 6.07) is 29.7. The molecular weight excluding hydrogens is 767 g/mol. The molecule has 3 aromatic carbocycles. The van der Waals surface area contributed by atoms with Gasteiger partial charge in [-0.2, -0.15) is 0 Å². The van der Waals surface area contributed by atoms with Gasteiger partial charge in [0.25, 0.3) is 5.91 Å². The summed E-state index contributed by atoms with van der Waals surface area (Å²) in [4.78, 5) is 47.0. The topological polar surface area (TPSA) is 139 Å². The molecule has 4 aliphatic carbocycles. The molecule has 7 rings (SSSR count). The van der Waals surface area contributed by atoms with E-state index < -0.39 is 22.2 Å². The van der Waals surface area contributed by atoms with Crippen molar-refractivity contribution in [3.8, 4) is 0 Å². The first-order chi connectivity index (χ1) is 29.7. The number of esters is 2. The minimum Gasteiger partial charge on any atom is -0.481 e. The molecule has 0 bridgehead atoms. The minimum atomic E-state index is -0.652. The van der Waals surface area contributed by atoms with E-state index in [-0.39, 0.29) is 23.8 Å². The molecule has 0 saturated heterocycles. The largest absolute Gasteiger partial charge is 0.481 e. The fourth-order valence-electron chi connectivity index (χ4n) is 10.1. The Kier molecular flexibility index (Phi) is 21.0. The van der Waals surface area contributed by atoms with Gasteiger partial charge in [-0.05, 0) is 68.1 Å². The van der Waals surface area contributed by atoms with Crippen molar-refractivity contribution in [3.63, 3.8) is 0 Å². The molecule has 0 aromatic heterocycles. The molecule has 4 fully saturated rings. The predicted octanol–water partition coefficient (Wildman–Crippen LogP) is 11.7. The lowest BCUT2D eigenvalue weighted by Gasteiger charge is -2.30. The van der Waals surface area contributed by atoms with E-state index in [1.807, 2.05) is 84.3 Å². The van der Waals surface area contributed by atoms with E-state index in [4.69, 9.17) is 14.7 Å². The summed E-state index contributed by atoms with van der Waals surface area (Å²) in [6.07, 6.45) is 25.6. The molecule has 61 heavy (non-hydrogen) atoms. The fourth-order valence-corrected chi connectivity index (χ4v) is 10.1. The molecular formula is C52H73NO8. The summed E-state index contributed by atoms with van der Waals surface area (Å²) in [7, 11) is 2.98. The van der Waals surface area contributed by atoms with E-state index in [1.54, 1.807) is 0 Å². The van der Waals surface area contributed by atoms with Crippen LogP contribution in [0, 0.1) is 5.92 Å². The van der Waals surface area contributed by atoms with Crippen LogP contribution >= 0.6 is 0 Å². The van der Waals surface area contributed by atoms with Crippen LogP contribution in [0.4, 0.5) is 0 Å². The number of benzene rings is 3. The third-order valence-electron chi connectivity index (χ3n) is 13.8. The number of hydrogen-bond acceptors (Lipinski definition) is 7. The molecule has 3 aromatic rings. The Labute approximate surface area is 365 Å². The van der Waals surface area contributed by atoms with Crippen molar-refractivity contribution in [2.45, 2.75) is 170 Å². The van der Waals surface area contributed by atoms with Crippen molar-refractivity contribution in [1.29, 1.82) is 0 Å². The normalized spacial score (nSPS) is 19.8. The van der Waals surface area contributed by atoms with Crippen molar-refractivity contribution in [1.82, 2.24) is 5.48 Å². The lowest BCUT2D eigenvalue weighted by molar-refractivity contribution is -0.148. The summed E-state index contributed by atoms with van der Waals surface area (Å²) < 4.78 is 9.77. The van der Waals surface area contributed by atoms with Crippen LogP contribution in [0.5, 0.6) is 0 Å². The zero-order valence-electron chi connectivity index (χ0n) is 37.1. The second kappa shape index (κ2) is 26.1. The smallest absolute Gasteiger partial charge is 0.316 e. The molecule has 4 saturated carbocycles. The van der Waals surface area contributed by atoms with Gasteiger partial charge in [0.15, 0.2) is 0 Å². The van der Waals surface area contributed by atoms with E-state index in [1.165, 1.54) is 78.4 Å². The van der Waals surface area contributed by atoms with Gasteiger partial charge in [0.05, 0.1) is 36.4 Å². The zero-order chi connectivity index (χ0) is 43.8. The number of carboxylic acid groups (broad SMARTS) is 1. The molecule has 0 aliphatic heterocycles. The summed E-state index contributed by atoms with van der Waals surface area (Å²) in [5.74, 6) is -0.786. The number of hydrogen-bond donors (Lipinski definition) is 3. The summed E-state index contributed by atoms with van der Waals surface area (Å²) in [5, 5.41) is 18.6. The van der Waals surface area contributed by atoms with Gasteiger partial charge in [-0.3, -0.25) is 24.4 Å². The van der Waals surface area contributed by atoms with Crippen LogP contribution in [-0.2, 0) is 44.9 Å². The monoisotopic (exact) mass is 840 g/mol. The maximum absolute atomic E-state index is 12.2. The second-order valence-electron chi connectivity index (χ2n) is 17.5. The minimum absolute atomic E-state index is 0.00750. The maximum Gasteiger partial charge on any atom is 0.316 e. The number of nitrogens with one attached hydrogen (secondary N) is 1. The van der Waals surface area contributed by atoms with Crippen LogP contribution in [0.1, 0.15) is 171 Å². The number of carbonyl (C=O) groups is 4. The molecule has 9 heteroatoms. The van der Waals surface area contributed by atoms with E-state index in [2.05, 4.69) is 12.1 Å². The van der Waals surface area contributed by atoms with Gasteiger partial charge in [0, 0.05) is 0 Å². The Balaban J connectivity index is 0.000000181. The number of rotatable bonds is 7. The predicted molar refractivity (Wildman–Crippen MR) is 240 cm³/mol. The van der Waals surface area contributed by atoms with Gasteiger partial charge in [0.1, 0.15) is 0 Å². The van der Waals surface area contributed by atoms with Crippen molar-refractivity contribution in [3.05, 3.63) is 108 Å². The van der Waals surface area contributed by atoms with Crippen molar-refractivity contribution in [2.75, 3.05) is 14.2 Å². The van der Waals surface area contributed by atoms with Crippen molar-refractivity contribution >= 4 is 23.8 Å². The molecule has 3 N–H and O–H groups in total. The molecule has 4 aliphatic rings. The van der Waals surface area contributed by atoms with Gasteiger partial charge < -0.3 is 14.6 Å². The second-order valence-corrected chi connectivity index (χ2v) is 17.5. The van der Waals surface area contributed by atoms with Crippen molar-refractivity contribution in [2.24, 2.45) is 5.92 Å². The van der Waals surface area contributed by atoms with Crippen LogP contribution in [0.2, 0.25) is 0 Å². The Morgan fingerprint density at radius 1 is 0.475 bits per heavy atom. The summed E-state index contributed by atoms with van der Waals surface area (Å²) in [6.45, 7) is 0. The van der Waals surface area contributed by atoms with Crippen LogP contribution in [0.25, 0.3) is 0 Å². The molecule has 0 heterocycles. The molecule has 0 spiro atoms. The van der Waals surface area contributed by atoms with Crippen LogP contribution in [0.3, 0.4) is 0 Å². The van der Waals surface area contributed by atoms with Crippen molar-refractivity contribution < 1.29 is 39.0 Å². The summed E-state index contributed by atoms with van der Waals surface area (Å²) >= 11 is 0. The standard InChI is InChI=1S/C15H20O2.C14H19NO2.C14H18O2.C9H16O2/c1-17-14(16)15(11-7-2-3-8-12-15)13-9-5-4-6-10-13;16-13(15-17)14(10-6-1-2-7-11-14)12-8-4-3-5-9-12;15-13(16)14(10-6-1-2-7-11-14)12-8-4-3-5-9-12;1-11-9(10)8-6-4-2-3-5-7-8/h4-6,9-10H,2-3,7-8,11-12H2,1H3;3-5,8-9,17H,1-2,6-7,10-11H2,(H,15,16);3-5,8-9H,1-2,6-7,10-11H2,(H,15,16);8H,2-7H2,1H3. The number of aliphatic carboxylic acids is 1. The van der Waals surface area contributed by atoms with E-state index in [0.717, 1.165) is 107 Å². The average molecular weight is 840 g/mol. The van der Waals surface area contributed by atoms with E-state index in [9.17, 15) is 24.3 Å². The highest BCUT2D eigenvalue weighted by molar-refractivity contribution is 5.87. The van der Waals surface area contributed by atoms with Gasteiger partial charge in [-0.15, -0.1) is 0 Å². The maximum atomic E-state index is 12.2. The van der Waals surface area contributed by atoms with Gasteiger partial charge in [-0.25, -0.2) is 5.48 Å². The van der Waals surface area contributed by atoms with E-state index >= 15 is 0 Å². The molecule has 0 unspecified atom stereocenters.